The molecule has 2 nitrogen and oxygen atoms in total. The van der Waals surface area contributed by atoms with Crippen molar-refractivity contribution in [1.82, 2.24) is 0 Å². The summed E-state index contributed by atoms with van der Waals surface area (Å²) >= 11 is 0. The van der Waals surface area contributed by atoms with Gasteiger partial charge in [0.25, 0.3) is 0 Å². The number of hydrogen-bond donors (Lipinski definition) is 0. The minimum absolute atomic E-state index is 0.197. The van der Waals surface area contributed by atoms with Crippen molar-refractivity contribution in [2.75, 3.05) is 6.61 Å². The minimum atomic E-state index is -0.244. The first-order valence-corrected chi connectivity index (χ1v) is 7.68. The highest BCUT2D eigenvalue weighted by Crippen LogP contribution is 2.37. The number of ether oxygens (including phenoxy) is 1. The first kappa shape index (κ1) is 14.6. The van der Waals surface area contributed by atoms with E-state index in [0.29, 0.717) is 12.2 Å². The lowest BCUT2D eigenvalue weighted by Crippen LogP contribution is -2.28. The molecule has 0 heterocycles. The molecule has 0 fully saturated rings. The topological polar surface area (TPSA) is 26.3 Å². The third kappa shape index (κ3) is 2.57. The van der Waals surface area contributed by atoms with E-state index in [0.717, 1.165) is 12.0 Å². The molecule has 1 unspecified atom stereocenters. The predicted octanol–water partition coefficient (Wildman–Crippen LogP) is 4.39. The fourth-order valence-electron chi connectivity index (χ4n) is 3.14. The summed E-state index contributed by atoms with van der Waals surface area (Å²) in [6.07, 6.45) is 5.24. The summed E-state index contributed by atoms with van der Waals surface area (Å²) in [4.78, 5) is 12.2. The van der Waals surface area contributed by atoms with Gasteiger partial charge in [-0.05, 0) is 36.1 Å². The molecule has 1 aliphatic carbocycles. The van der Waals surface area contributed by atoms with Crippen LogP contribution >= 0.6 is 0 Å². The lowest BCUT2D eigenvalue weighted by molar-refractivity contribution is 0.0523. The van der Waals surface area contributed by atoms with E-state index in [9.17, 15) is 4.79 Å². The van der Waals surface area contributed by atoms with Crippen LogP contribution in [0.15, 0.2) is 54.6 Å². The highest BCUT2D eigenvalue weighted by atomic mass is 16.5. The Balaban J connectivity index is 2.04. The molecule has 0 radical (unpaired) electrons. The number of benzene rings is 2. The standard InChI is InChI=1S/C20H20O2/c1-3-22-19(21)17-10-6-7-11-18(17)20(2)13-12-15-8-4-5-9-16(15)14-20/h4-13H,3,14H2,1-2H3. The van der Waals surface area contributed by atoms with Crippen molar-refractivity contribution in [1.29, 1.82) is 0 Å². The number of carbonyl (C=O) groups is 1. The Bertz CT molecular complexity index is 730. The van der Waals surface area contributed by atoms with Gasteiger partial charge in [-0.3, -0.25) is 0 Å². The molecule has 1 atom stereocenters. The van der Waals surface area contributed by atoms with Crippen LogP contribution in [-0.4, -0.2) is 12.6 Å². The van der Waals surface area contributed by atoms with Crippen molar-refractivity contribution in [3.05, 3.63) is 76.9 Å². The summed E-state index contributed by atoms with van der Waals surface area (Å²) < 4.78 is 5.21. The molecule has 0 aromatic heterocycles. The summed E-state index contributed by atoms with van der Waals surface area (Å²) in [6.45, 7) is 4.40. The Labute approximate surface area is 131 Å². The molecule has 0 N–H and O–H groups in total. The van der Waals surface area contributed by atoms with Crippen LogP contribution in [-0.2, 0) is 16.6 Å². The molecule has 0 bridgehead atoms. The zero-order valence-corrected chi connectivity index (χ0v) is 13.0. The number of fused-ring (bicyclic) bond motifs is 1. The Morgan fingerprint density at radius 1 is 1.14 bits per heavy atom. The molecule has 22 heavy (non-hydrogen) atoms. The van der Waals surface area contributed by atoms with Crippen LogP contribution in [0.1, 0.15) is 40.9 Å². The maximum Gasteiger partial charge on any atom is 0.338 e. The predicted molar refractivity (Wildman–Crippen MR) is 88.9 cm³/mol. The Morgan fingerprint density at radius 3 is 2.68 bits per heavy atom. The van der Waals surface area contributed by atoms with Crippen LogP contribution in [0.2, 0.25) is 0 Å². The summed E-state index contributed by atoms with van der Waals surface area (Å²) in [6, 6.07) is 16.2. The lowest BCUT2D eigenvalue weighted by Gasteiger charge is -2.32. The minimum Gasteiger partial charge on any atom is -0.462 e. The van der Waals surface area contributed by atoms with Crippen molar-refractivity contribution in [3.63, 3.8) is 0 Å². The summed E-state index contributed by atoms with van der Waals surface area (Å²) in [7, 11) is 0. The van der Waals surface area contributed by atoms with Crippen LogP contribution in [0.4, 0.5) is 0 Å². The normalized spacial score (nSPS) is 19.5. The molecular weight excluding hydrogens is 272 g/mol. The molecule has 0 saturated carbocycles. The zero-order chi connectivity index (χ0) is 15.6. The summed E-state index contributed by atoms with van der Waals surface area (Å²) in [5, 5.41) is 0. The molecule has 0 saturated heterocycles. The van der Waals surface area contributed by atoms with Crippen LogP contribution in [0.5, 0.6) is 0 Å². The van der Waals surface area contributed by atoms with Gasteiger partial charge in [-0.2, -0.15) is 0 Å². The average molecular weight is 292 g/mol. The number of rotatable bonds is 3. The molecular formula is C20H20O2. The van der Waals surface area contributed by atoms with Crippen LogP contribution < -0.4 is 0 Å². The molecule has 3 rings (SSSR count). The number of carbonyl (C=O) groups excluding carboxylic acids is 1. The third-order valence-corrected chi connectivity index (χ3v) is 4.28. The molecule has 112 valence electrons. The van der Waals surface area contributed by atoms with Gasteiger partial charge in [0.15, 0.2) is 0 Å². The van der Waals surface area contributed by atoms with E-state index >= 15 is 0 Å². The van der Waals surface area contributed by atoms with Gasteiger partial charge >= 0.3 is 5.97 Å². The van der Waals surface area contributed by atoms with Crippen molar-refractivity contribution >= 4 is 12.0 Å². The molecule has 2 heteroatoms. The second-order valence-corrected chi connectivity index (χ2v) is 5.89. The monoisotopic (exact) mass is 292 g/mol. The second-order valence-electron chi connectivity index (χ2n) is 5.89. The Kier molecular flexibility index (Phi) is 3.84. The van der Waals surface area contributed by atoms with Gasteiger partial charge in [0, 0.05) is 5.41 Å². The smallest absolute Gasteiger partial charge is 0.338 e. The molecule has 1 aliphatic rings. The Morgan fingerprint density at radius 2 is 1.86 bits per heavy atom. The maximum atomic E-state index is 12.2. The van der Waals surface area contributed by atoms with Crippen molar-refractivity contribution < 1.29 is 9.53 Å². The first-order chi connectivity index (χ1) is 10.6. The third-order valence-electron chi connectivity index (χ3n) is 4.28. The van der Waals surface area contributed by atoms with Crippen LogP contribution in [0, 0.1) is 0 Å². The van der Waals surface area contributed by atoms with Crippen molar-refractivity contribution in [3.8, 4) is 0 Å². The van der Waals surface area contributed by atoms with Crippen molar-refractivity contribution in [2.24, 2.45) is 0 Å². The highest BCUT2D eigenvalue weighted by molar-refractivity contribution is 5.92. The van der Waals surface area contributed by atoms with Gasteiger partial charge in [-0.25, -0.2) is 4.79 Å². The molecule has 2 aromatic rings. The van der Waals surface area contributed by atoms with Gasteiger partial charge in [0.1, 0.15) is 0 Å². The quantitative estimate of drug-likeness (QED) is 0.784. The molecule has 0 spiro atoms. The number of hydrogen-bond acceptors (Lipinski definition) is 2. The first-order valence-electron chi connectivity index (χ1n) is 7.68. The molecule has 0 aliphatic heterocycles. The Hall–Kier alpha value is -2.35. The zero-order valence-electron chi connectivity index (χ0n) is 13.0. The average Bonchev–Trinajstić information content (AvgIpc) is 2.55. The van der Waals surface area contributed by atoms with Gasteiger partial charge < -0.3 is 4.74 Å². The van der Waals surface area contributed by atoms with E-state index in [1.165, 1.54) is 11.1 Å². The lowest BCUT2D eigenvalue weighted by atomic mass is 9.71. The van der Waals surface area contributed by atoms with Crippen LogP contribution in [0.3, 0.4) is 0 Å². The van der Waals surface area contributed by atoms with E-state index in [1.54, 1.807) is 0 Å². The van der Waals surface area contributed by atoms with E-state index in [1.807, 2.05) is 31.2 Å². The van der Waals surface area contributed by atoms with E-state index in [-0.39, 0.29) is 11.4 Å². The summed E-state index contributed by atoms with van der Waals surface area (Å²) in [5.74, 6) is -0.244. The van der Waals surface area contributed by atoms with Gasteiger partial charge in [0.2, 0.25) is 0 Å². The fourth-order valence-corrected chi connectivity index (χ4v) is 3.14. The second kappa shape index (κ2) is 5.80. The number of esters is 1. The van der Waals surface area contributed by atoms with E-state index < -0.39 is 0 Å². The SMILES string of the molecule is CCOC(=O)c1ccccc1C1(C)C=Cc2ccccc2C1. The fraction of sp³-hybridized carbons (Fsp3) is 0.250. The highest BCUT2D eigenvalue weighted by Gasteiger charge is 2.31. The van der Waals surface area contributed by atoms with E-state index in [2.05, 4.69) is 43.3 Å². The molecule has 0 amide bonds. The summed E-state index contributed by atoms with van der Waals surface area (Å²) in [5.41, 5.74) is 4.06. The molecule has 2 aromatic carbocycles. The van der Waals surface area contributed by atoms with Gasteiger partial charge in [-0.15, -0.1) is 0 Å². The van der Waals surface area contributed by atoms with Gasteiger partial charge in [0.05, 0.1) is 12.2 Å². The number of allylic oxidation sites excluding steroid dienone is 1. The van der Waals surface area contributed by atoms with E-state index in [4.69, 9.17) is 4.74 Å². The van der Waals surface area contributed by atoms with Crippen molar-refractivity contribution in [2.45, 2.75) is 25.7 Å². The van der Waals surface area contributed by atoms with Gasteiger partial charge in [-0.1, -0.05) is 61.5 Å². The largest absolute Gasteiger partial charge is 0.462 e. The van der Waals surface area contributed by atoms with Crippen LogP contribution in [0.25, 0.3) is 6.08 Å². The maximum absolute atomic E-state index is 12.2.